The minimum absolute atomic E-state index is 0. The van der Waals surface area contributed by atoms with E-state index in [4.69, 9.17) is 9.47 Å². The molecule has 0 amide bonds. The molecule has 4 heteroatoms. The topological polar surface area (TPSA) is 18.5 Å². The highest BCUT2D eigenvalue weighted by Crippen LogP contribution is 2.35. The fourth-order valence-corrected chi connectivity index (χ4v) is 1.59. The van der Waals surface area contributed by atoms with Gasteiger partial charge in [0.1, 0.15) is 0 Å². The zero-order valence-electron chi connectivity index (χ0n) is 11.3. The quantitative estimate of drug-likeness (QED) is 0.599. The van der Waals surface area contributed by atoms with Crippen LogP contribution in [0.5, 0.6) is 11.5 Å². The molecular formula is C13H22I2O2. The van der Waals surface area contributed by atoms with Crippen LogP contribution in [0.4, 0.5) is 0 Å². The molecule has 0 saturated carbocycles. The highest BCUT2D eigenvalue weighted by Gasteiger charge is 2.18. The van der Waals surface area contributed by atoms with Crippen LogP contribution in [0, 0.1) is 6.92 Å². The van der Waals surface area contributed by atoms with Gasteiger partial charge in [-0.3, -0.25) is 0 Å². The number of aryl methyl sites for hydroxylation is 1. The van der Waals surface area contributed by atoms with E-state index < -0.39 is 0 Å². The highest BCUT2D eigenvalue weighted by atomic mass is 127. The van der Waals surface area contributed by atoms with Crippen molar-refractivity contribution in [1.82, 2.24) is 0 Å². The maximum Gasteiger partial charge on any atom is 0.163 e. The molecule has 0 spiro atoms. The van der Waals surface area contributed by atoms with Gasteiger partial charge in [0.2, 0.25) is 0 Å². The Morgan fingerprint density at radius 1 is 0.941 bits per heavy atom. The third-order valence-electron chi connectivity index (χ3n) is 2.53. The van der Waals surface area contributed by atoms with Crippen LogP contribution >= 0.6 is 48.0 Å². The summed E-state index contributed by atoms with van der Waals surface area (Å²) >= 11 is 0. The molecule has 0 aliphatic carbocycles. The molecule has 0 N–H and O–H groups in total. The first kappa shape index (κ1) is 19.6. The first-order valence-electron chi connectivity index (χ1n) is 5.13. The number of hydrogen-bond acceptors (Lipinski definition) is 2. The first-order chi connectivity index (χ1) is 6.90. The van der Waals surface area contributed by atoms with Crippen LogP contribution in [0.2, 0.25) is 0 Å². The van der Waals surface area contributed by atoms with Gasteiger partial charge in [-0.05, 0) is 29.5 Å². The Morgan fingerprint density at radius 2 is 1.47 bits per heavy atom. The van der Waals surface area contributed by atoms with E-state index in [0.717, 1.165) is 17.1 Å². The predicted molar refractivity (Wildman–Crippen MR) is 93.8 cm³/mol. The van der Waals surface area contributed by atoms with E-state index in [1.807, 2.05) is 13.0 Å². The van der Waals surface area contributed by atoms with Crippen molar-refractivity contribution in [3.05, 3.63) is 23.3 Å². The molecule has 1 aromatic rings. The fourth-order valence-electron chi connectivity index (χ4n) is 1.59. The van der Waals surface area contributed by atoms with Gasteiger partial charge < -0.3 is 9.47 Å². The summed E-state index contributed by atoms with van der Waals surface area (Å²) in [5, 5.41) is 0. The van der Waals surface area contributed by atoms with Crippen LogP contribution in [0.3, 0.4) is 0 Å². The van der Waals surface area contributed by atoms with Crippen LogP contribution in [-0.4, -0.2) is 14.2 Å². The third-order valence-corrected chi connectivity index (χ3v) is 2.53. The monoisotopic (exact) mass is 464 g/mol. The summed E-state index contributed by atoms with van der Waals surface area (Å²) in [5.41, 5.74) is 2.50. The molecule has 1 rings (SSSR count). The molecule has 17 heavy (non-hydrogen) atoms. The number of halogens is 2. The summed E-state index contributed by atoms with van der Waals surface area (Å²) in [4.78, 5) is 0. The average Bonchev–Trinajstić information content (AvgIpc) is 2.15. The Labute approximate surface area is 139 Å². The van der Waals surface area contributed by atoms with E-state index in [9.17, 15) is 0 Å². The SMILES string of the molecule is COc1cc(C(C)(C)C)cc(C)c1OC.I.I. The van der Waals surface area contributed by atoms with E-state index in [2.05, 4.69) is 26.8 Å². The van der Waals surface area contributed by atoms with Crippen molar-refractivity contribution in [2.75, 3.05) is 14.2 Å². The summed E-state index contributed by atoms with van der Waals surface area (Å²) in [6.07, 6.45) is 0. The zero-order valence-corrected chi connectivity index (χ0v) is 15.9. The van der Waals surface area contributed by atoms with Crippen molar-refractivity contribution in [3.63, 3.8) is 0 Å². The van der Waals surface area contributed by atoms with Crippen LogP contribution in [0.25, 0.3) is 0 Å². The molecule has 100 valence electrons. The lowest BCUT2D eigenvalue weighted by atomic mass is 9.86. The minimum Gasteiger partial charge on any atom is -0.493 e. The fraction of sp³-hybridized carbons (Fsp3) is 0.538. The highest BCUT2D eigenvalue weighted by molar-refractivity contribution is 14.0. The Balaban J connectivity index is 0. The summed E-state index contributed by atoms with van der Waals surface area (Å²) in [5.74, 6) is 1.63. The normalized spacial score (nSPS) is 10.0. The van der Waals surface area contributed by atoms with Crippen molar-refractivity contribution in [2.45, 2.75) is 33.1 Å². The molecule has 0 unspecified atom stereocenters. The molecule has 0 heterocycles. The van der Waals surface area contributed by atoms with Gasteiger partial charge in [0, 0.05) is 0 Å². The van der Waals surface area contributed by atoms with Gasteiger partial charge in [0.05, 0.1) is 14.2 Å². The molecule has 0 fully saturated rings. The molecule has 0 bridgehead atoms. The average molecular weight is 464 g/mol. The standard InChI is InChI=1S/C13H20O2.2HI/c1-9-7-10(13(2,3)4)8-11(14-5)12(9)15-6;;/h7-8H,1-6H3;2*1H. The Hall–Kier alpha value is 0.280. The van der Waals surface area contributed by atoms with E-state index in [1.165, 1.54) is 5.56 Å². The van der Waals surface area contributed by atoms with E-state index in [-0.39, 0.29) is 53.4 Å². The van der Waals surface area contributed by atoms with Gasteiger partial charge >= 0.3 is 0 Å². The number of rotatable bonds is 2. The van der Waals surface area contributed by atoms with Crippen molar-refractivity contribution in [3.8, 4) is 11.5 Å². The third kappa shape index (κ3) is 4.81. The molecule has 2 nitrogen and oxygen atoms in total. The van der Waals surface area contributed by atoms with Crippen molar-refractivity contribution < 1.29 is 9.47 Å². The van der Waals surface area contributed by atoms with E-state index >= 15 is 0 Å². The molecule has 0 aromatic heterocycles. The maximum atomic E-state index is 5.33. The van der Waals surface area contributed by atoms with E-state index in [0.29, 0.717) is 0 Å². The van der Waals surface area contributed by atoms with Gasteiger partial charge in [-0.1, -0.05) is 26.8 Å². The number of ether oxygens (including phenoxy) is 2. The predicted octanol–water partition coefficient (Wildman–Crippen LogP) is 4.55. The van der Waals surface area contributed by atoms with Crippen molar-refractivity contribution in [2.24, 2.45) is 0 Å². The maximum absolute atomic E-state index is 5.33. The zero-order chi connectivity index (χ0) is 11.6. The molecule has 0 atom stereocenters. The van der Waals surface area contributed by atoms with Crippen molar-refractivity contribution in [1.29, 1.82) is 0 Å². The summed E-state index contributed by atoms with van der Waals surface area (Å²) < 4.78 is 10.6. The summed E-state index contributed by atoms with van der Waals surface area (Å²) in [6.45, 7) is 8.60. The van der Waals surface area contributed by atoms with Gasteiger partial charge in [-0.15, -0.1) is 48.0 Å². The van der Waals surface area contributed by atoms with Crippen LogP contribution in [0.1, 0.15) is 31.9 Å². The number of methoxy groups -OCH3 is 2. The largest absolute Gasteiger partial charge is 0.493 e. The molecule has 0 aliphatic rings. The Kier molecular flexibility index (Phi) is 8.84. The van der Waals surface area contributed by atoms with Gasteiger partial charge in [-0.2, -0.15) is 0 Å². The second-order valence-corrected chi connectivity index (χ2v) is 4.78. The van der Waals surface area contributed by atoms with Gasteiger partial charge in [0.15, 0.2) is 11.5 Å². The number of hydrogen-bond donors (Lipinski definition) is 0. The van der Waals surface area contributed by atoms with Crippen LogP contribution in [-0.2, 0) is 5.41 Å². The summed E-state index contributed by atoms with van der Waals surface area (Å²) in [7, 11) is 3.34. The molecule has 0 radical (unpaired) electrons. The minimum atomic E-state index is 0. The summed E-state index contributed by atoms with van der Waals surface area (Å²) in [6, 6.07) is 4.20. The molecule has 1 aromatic carbocycles. The Morgan fingerprint density at radius 3 is 1.82 bits per heavy atom. The lowest BCUT2D eigenvalue weighted by Crippen LogP contribution is -2.12. The second kappa shape index (κ2) is 7.66. The van der Waals surface area contributed by atoms with Crippen molar-refractivity contribution >= 4 is 48.0 Å². The first-order valence-corrected chi connectivity index (χ1v) is 5.13. The van der Waals surface area contributed by atoms with Gasteiger partial charge in [-0.25, -0.2) is 0 Å². The lowest BCUT2D eigenvalue weighted by molar-refractivity contribution is 0.351. The van der Waals surface area contributed by atoms with Gasteiger partial charge in [0.25, 0.3) is 0 Å². The Bertz CT molecular complexity index is 357. The van der Waals surface area contributed by atoms with Crippen LogP contribution < -0.4 is 9.47 Å². The smallest absolute Gasteiger partial charge is 0.163 e. The number of benzene rings is 1. The molecular weight excluding hydrogens is 442 g/mol. The second-order valence-electron chi connectivity index (χ2n) is 4.78. The van der Waals surface area contributed by atoms with Crippen LogP contribution in [0.15, 0.2) is 12.1 Å². The lowest BCUT2D eigenvalue weighted by Gasteiger charge is -2.22. The molecule has 0 aliphatic heterocycles. The molecule has 0 saturated heterocycles. The van der Waals surface area contributed by atoms with E-state index in [1.54, 1.807) is 14.2 Å².